The number of carbonyl (C=O) groups is 2. The number of carbonyl (C=O) groups excluding carboxylic acids is 1. The topological polar surface area (TPSA) is 117 Å². The van der Waals surface area contributed by atoms with Gasteiger partial charge in [0.25, 0.3) is 5.95 Å². The summed E-state index contributed by atoms with van der Waals surface area (Å²) in [6.07, 6.45) is 1.64. The van der Waals surface area contributed by atoms with Gasteiger partial charge in [0.2, 0.25) is 0 Å². The first-order chi connectivity index (χ1) is 9.86. The maximum absolute atomic E-state index is 11.9. The van der Waals surface area contributed by atoms with Crippen LogP contribution in [0, 0.1) is 0 Å². The Balaban J connectivity index is 2.82. The number of carboxylic acid groups (broad SMARTS) is 1. The quantitative estimate of drug-likeness (QED) is 0.729. The molecule has 0 aromatic carbocycles. The first kappa shape index (κ1) is 16.8. The number of rotatable bonds is 6. The molecule has 8 nitrogen and oxygen atoms in total. The summed E-state index contributed by atoms with van der Waals surface area (Å²) in [6, 6.07) is -0.671. The molecule has 0 spiro atoms. The summed E-state index contributed by atoms with van der Waals surface area (Å²) in [6.45, 7) is 7.00. The van der Waals surface area contributed by atoms with Gasteiger partial charge >= 0.3 is 12.0 Å². The Labute approximate surface area is 123 Å². The van der Waals surface area contributed by atoms with Gasteiger partial charge in [-0.15, -0.1) is 10.2 Å². The molecule has 21 heavy (non-hydrogen) atoms. The molecule has 0 aliphatic heterocycles. The van der Waals surface area contributed by atoms with Gasteiger partial charge in [0.15, 0.2) is 0 Å². The van der Waals surface area contributed by atoms with Crippen molar-refractivity contribution < 1.29 is 14.7 Å². The monoisotopic (exact) mass is 295 g/mol. The number of nitrogens with zero attached hydrogens (tertiary/aromatic N) is 3. The van der Waals surface area contributed by atoms with Crippen LogP contribution in [0.25, 0.3) is 0 Å². The lowest BCUT2D eigenvalue weighted by Crippen LogP contribution is -2.53. The van der Waals surface area contributed by atoms with E-state index in [9.17, 15) is 9.59 Å². The van der Waals surface area contributed by atoms with Crippen LogP contribution in [0.2, 0.25) is 0 Å². The lowest BCUT2D eigenvalue weighted by molar-refractivity contribution is -0.143. The predicted octanol–water partition coefficient (Wildman–Crippen LogP) is 1.37. The fourth-order valence-electron chi connectivity index (χ4n) is 1.67. The van der Waals surface area contributed by atoms with Gasteiger partial charge in [-0.2, -0.15) is 0 Å². The third-order valence-electron chi connectivity index (χ3n) is 3.30. The maximum atomic E-state index is 11.9. The Bertz CT molecular complexity index is 535. The summed E-state index contributed by atoms with van der Waals surface area (Å²) in [5.74, 6) is -1.04. The highest BCUT2D eigenvalue weighted by molar-refractivity contribution is 5.92. The molecule has 2 amide bonds. The molecular weight excluding hydrogens is 274 g/mol. The van der Waals surface area contributed by atoms with Crippen molar-refractivity contribution in [3.8, 4) is 0 Å². The molecule has 0 saturated heterocycles. The van der Waals surface area contributed by atoms with Crippen molar-refractivity contribution in [2.45, 2.75) is 52.5 Å². The number of aromatic nitrogens is 3. The summed E-state index contributed by atoms with van der Waals surface area (Å²) < 4.78 is 0. The van der Waals surface area contributed by atoms with Crippen LogP contribution in [-0.2, 0) is 17.6 Å². The zero-order valence-corrected chi connectivity index (χ0v) is 12.7. The van der Waals surface area contributed by atoms with E-state index in [0.717, 1.165) is 11.4 Å². The fraction of sp³-hybridized carbons (Fsp3) is 0.615. The van der Waals surface area contributed by atoms with Crippen molar-refractivity contribution in [3.63, 3.8) is 0 Å². The number of nitrogens with one attached hydrogen (secondary N) is 2. The second-order valence-corrected chi connectivity index (χ2v) is 4.81. The Morgan fingerprint density at radius 2 is 1.76 bits per heavy atom. The minimum Gasteiger partial charge on any atom is -0.480 e. The highest BCUT2D eigenvalue weighted by Gasteiger charge is 2.33. The van der Waals surface area contributed by atoms with Crippen LogP contribution in [-0.4, -0.2) is 37.8 Å². The van der Waals surface area contributed by atoms with Crippen LogP contribution in [0.15, 0.2) is 0 Å². The van der Waals surface area contributed by atoms with Gasteiger partial charge in [0.1, 0.15) is 5.54 Å². The predicted molar refractivity (Wildman–Crippen MR) is 77.1 cm³/mol. The van der Waals surface area contributed by atoms with E-state index in [1.54, 1.807) is 6.92 Å². The molecule has 1 aromatic rings. The standard InChI is InChI=1S/C13H21N5O3/c1-5-8-9(6-2)17-18-11(14-8)15-12(21)16-13(4,7-3)10(19)20/h5-7H2,1-4H3,(H,19,20)(H2,14,15,16,18,21). The number of hydrogen-bond donors (Lipinski definition) is 3. The molecular formula is C13H21N5O3. The molecule has 1 atom stereocenters. The van der Waals surface area contributed by atoms with E-state index >= 15 is 0 Å². The van der Waals surface area contributed by atoms with E-state index in [1.165, 1.54) is 6.92 Å². The summed E-state index contributed by atoms with van der Waals surface area (Å²) in [7, 11) is 0. The number of urea groups is 1. The van der Waals surface area contributed by atoms with Crippen molar-refractivity contribution >= 4 is 17.9 Å². The van der Waals surface area contributed by atoms with Crippen LogP contribution in [0.1, 0.15) is 45.5 Å². The van der Waals surface area contributed by atoms with Crippen LogP contribution in [0.3, 0.4) is 0 Å². The molecule has 0 radical (unpaired) electrons. The minimum atomic E-state index is -1.34. The maximum Gasteiger partial charge on any atom is 0.329 e. The van der Waals surface area contributed by atoms with Crippen molar-refractivity contribution in [1.82, 2.24) is 20.5 Å². The van der Waals surface area contributed by atoms with Crippen molar-refractivity contribution in [1.29, 1.82) is 0 Å². The Morgan fingerprint density at radius 1 is 1.14 bits per heavy atom. The van der Waals surface area contributed by atoms with Gasteiger partial charge in [-0.3, -0.25) is 5.32 Å². The van der Waals surface area contributed by atoms with Gasteiger partial charge in [0.05, 0.1) is 11.4 Å². The molecule has 0 aliphatic carbocycles. The molecule has 3 N–H and O–H groups in total. The first-order valence-electron chi connectivity index (χ1n) is 6.91. The molecule has 116 valence electrons. The van der Waals surface area contributed by atoms with Crippen LogP contribution < -0.4 is 10.6 Å². The van der Waals surface area contributed by atoms with Crippen molar-refractivity contribution in [2.24, 2.45) is 0 Å². The first-order valence-corrected chi connectivity index (χ1v) is 6.91. The van der Waals surface area contributed by atoms with Crippen LogP contribution in [0.5, 0.6) is 0 Å². The zero-order valence-electron chi connectivity index (χ0n) is 12.7. The zero-order chi connectivity index (χ0) is 16.0. The van der Waals surface area contributed by atoms with Gasteiger partial charge in [-0.25, -0.2) is 14.6 Å². The largest absolute Gasteiger partial charge is 0.480 e. The Morgan fingerprint density at radius 3 is 2.24 bits per heavy atom. The van der Waals surface area contributed by atoms with Gasteiger partial charge in [-0.1, -0.05) is 20.8 Å². The number of aliphatic carboxylic acids is 1. The smallest absolute Gasteiger partial charge is 0.329 e. The molecule has 1 rings (SSSR count). The van der Waals surface area contributed by atoms with Gasteiger partial charge in [0, 0.05) is 0 Å². The highest BCUT2D eigenvalue weighted by Crippen LogP contribution is 2.10. The Hall–Kier alpha value is -2.25. The van der Waals surface area contributed by atoms with Crippen LogP contribution >= 0.6 is 0 Å². The number of carboxylic acids is 1. The number of amides is 2. The van der Waals surface area contributed by atoms with E-state index < -0.39 is 17.5 Å². The second kappa shape index (κ2) is 6.96. The van der Waals surface area contributed by atoms with Crippen molar-refractivity contribution in [2.75, 3.05) is 5.32 Å². The average Bonchev–Trinajstić information content (AvgIpc) is 2.46. The van der Waals surface area contributed by atoms with E-state index in [1.807, 2.05) is 13.8 Å². The summed E-state index contributed by atoms with van der Waals surface area (Å²) >= 11 is 0. The molecule has 0 aliphatic rings. The van der Waals surface area contributed by atoms with E-state index in [2.05, 4.69) is 25.8 Å². The molecule has 0 saturated carbocycles. The third-order valence-corrected chi connectivity index (χ3v) is 3.30. The SMILES string of the molecule is CCc1nnc(NC(=O)NC(C)(CC)C(=O)O)nc1CC. The van der Waals surface area contributed by atoms with E-state index in [-0.39, 0.29) is 12.4 Å². The van der Waals surface area contributed by atoms with E-state index in [4.69, 9.17) is 5.11 Å². The molecule has 1 heterocycles. The lowest BCUT2D eigenvalue weighted by Gasteiger charge is -2.24. The molecule has 8 heteroatoms. The van der Waals surface area contributed by atoms with E-state index in [0.29, 0.717) is 12.8 Å². The van der Waals surface area contributed by atoms with Gasteiger partial charge in [-0.05, 0) is 26.2 Å². The minimum absolute atomic E-state index is 0.0605. The lowest BCUT2D eigenvalue weighted by atomic mass is 10.00. The molecule has 0 fully saturated rings. The molecule has 1 aromatic heterocycles. The normalized spacial score (nSPS) is 13.3. The Kier molecular flexibility index (Phi) is 5.57. The van der Waals surface area contributed by atoms with Crippen molar-refractivity contribution in [3.05, 3.63) is 11.4 Å². The summed E-state index contributed by atoms with van der Waals surface area (Å²) in [5, 5.41) is 21.7. The average molecular weight is 295 g/mol. The number of anilines is 1. The summed E-state index contributed by atoms with van der Waals surface area (Å²) in [4.78, 5) is 27.2. The third kappa shape index (κ3) is 4.11. The molecule has 1 unspecified atom stereocenters. The number of aryl methyl sites for hydroxylation is 2. The van der Waals surface area contributed by atoms with Gasteiger partial charge < -0.3 is 10.4 Å². The highest BCUT2D eigenvalue weighted by atomic mass is 16.4. The fourth-order valence-corrected chi connectivity index (χ4v) is 1.67. The summed E-state index contributed by atoms with van der Waals surface area (Å²) in [5.41, 5.74) is 0.209. The molecule has 0 bridgehead atoms. The second-order valence-electron chi connectivity index (χ2n) is 4.81. The number of hydrogen-bond acceptors (Lipinski definition) is 5. The van der Waals surface area contributed by atoms with Crippen LogP contribution in [0.4, 0.5) is 10.7 Å².